The molecular formula is C43H55NO27S. The largest absolute Gasteiger partial charge is 0.463 e. The summed E-state index contributed by atoms with van der Waals surface area (Å²) in [4.78, 5) is 130. The minimum Gasteiger partial charge on any atom is -0.463 e. The Labute approximate surface area is 410 Å². The van der Waals surface area contributed by atoms with Crippen LogP contribution in [0.25, 0.3) is 0 Å². The first kappa shape index (κ1) is 58.2. The zero-order valence-corrected chi connectivity index (χ0v) is 41.3. The molecule has 0 N–H and O–H groups in total. The molecular weight excluding hydrogens is 995 g/mol. The lowest BCUT2D eigenvalue weighted by atomic mass is 9.95. The second-order valence-electron chi connectivity index (χ2n) is 16.0. The summed E-state index contributed by atoms with van der Waals surface area (Å²) < 4.78 is 114. The molecule has 1 aromatic rings. The molecule has 1 aromatic heterocycles. The fraction of sp³-hybridized carbons (Fsp3) is 0.651. The molecule has 4 heterocycles. The van der Waals surface area contributed by atoms with Crippen LogP contribution in [0.15, 0.2) is 29.4 Å². The van der Waals surface area contributed by atoms with Gasteiger partial charge in [-0.1, -0.05) is 6.07 Å². The van der Waals surface area contributed by atoms with Crippen molar-refractivity contribution >= 4 is 69.5 Å². The maximum atomic E-state index is 14.2. The Hall–Kier alpha value is -6.40. The SMILES string of the molecule is CC(=O)OC[C@H]1O[C@@H](O[C@H]2[C@H](OC(C)=O)[C@@H](OC(C)=O)[C@H](O[C@H]3[C@H](OC(C)=O)[C@@H](OC(C)=O)C(S(=O)(=O)c4ccccn4)O[C@@H]3COC(C)=O)O[C@@H]2COC(C)=O)[C@H](OC(C)=O)[C@@H](OC(C)=O)[C@@H]1OC(C)=O. The summed E-state index contributed by atoms with van der Waals surface area (Å²) in [7, 11) is -4.83. The summed E-state index contributed by atoms with van der Waals surface area (Å²) in [5.41, 5.74) is -2.26. The summed E-state index contributed by atoms with van der Waals surface area (Å²) in [6, 6.07) is 3.82. The molecule has 0 saturated carbocycles. The molecule has 400 valence electrons. The molecule has 0 spiro atoms. The van der Waals surface area contributed by atoms with E-state index in [0.29, 0.717) is 0 Å². The molecule has 3 aliphatic rings. The summed E-state index contributed by atoms with van der Waals surface area (Å²) in [5.74, 6) is -10.2. The lowest BCUT2D eigenvalue weighted by Crippen LogP contribution is -2.69. The zero-order chi connectivity index (χ0) is 53.8. The van der Waals surface area contributed by atoms with Crippen molar-refractivity contribution in [3.05, 3.63) is 24.4 Å². The van der Waals surface area contributed by atoms with Crippen molar-refractivity contribution in [2.75, 3.05) is 19.8 Å². The number of sulfone groups is 1. The van der Waals surface area contributed by atoms with E-state index in [2.05, 4.69) is 4.98 Å². The van der Waals surface area contributed by atoms with Gasteiger partial charge in [-0.2, -0.15) is 0 Å². The second-order valence-corrected chi connectivity index (χ2v) is 17.9. The van der Waals surface area contributed by atoms with E-state index in [9.17, 15) is 56.4 Å². The highest BCUT2D eigenvalue weighted by atomic mass is 32.2. The number of hydrogen-bond donors (Lipinski definition) is 0. The number of aromatic nitrogens is 1. The minimum atomic E-state index is -4.83. The highest BCUT2D eigenvalue weighted by molar-refractivity contribution is 7.91. The van der Waals surface area contributed by atoms with Crippen LogP contribution in [0.3, 0.4) is 0 Å². The molecule has 0 radical (unpaired) electrons. The average molecular weight is 1050 g/mol. The van der Waals surface area contributed by atoms with Gasteiger partial charge >= 0.3 is 59.7 Å². The Bertz CT molecular complexity index is 2270. The third-order valence-corrected chi connectivity index (χ3v) is 11.9. The molecule has 28 nitrogen and oxygen atoms in total. The smallest absolute Gasteiger partial charge is 0.303 e. The van der Waals surface area contributed by atoms with Crippen molar-refractivity contribution in [3.63, 3.8) is 0 Å². The van der Waals surface area contributed by atoms with E-state index >= 15 is 0 Å². The van der Waals surface area contributed by atoms with Crippen molar-refractivity contribution in [3.8, 4) is 0 Å². The zero-order valence-electron chi connectivity index (χ0n) is 40.5. The van der Waals surface area contributed by atoms with Crippen molar-refractivity contribution in [2.45, 2.75) is 166 Å². The van der Waals surface area contributed by atoms with Crippen molar-refractivity contribution in [1.82, 2.24) is 4.98 Å². The van der Waals surface area contributed by atoms with E-state index in [1.807, 2.05) is 0 Å². The number of nitrogens with zero attached hydrogens (tertiary/aromatic N) is 1. The van der Waals surface area contributed by atoms with Gasteiger partial charge in [0.05, 0.1) is 0 Å². The Morgan fingerprint density at radius 1 is 0.417 bits per heavy atom. The molecule has 72 heavy (non-hydrogen) atoms. The molecule has 0 aromatic carbocycles. The molecule has 0 bridgehead atoms. The molecule has 0 aliphatic carbocycles. The van der Waals surface area contributed by atoms with Crippen LogP contribution in [0.5, 0.6) is 0 Å². The highest BCUT2D eigenvalue weighted by Gasteiger charge is 2.61. The van der Waals surface area contributed by atoms with Gasteiger partial charge in [0.15, 0.2) is 60.3 Å². The normalized spacial score (nSPS) is 30.2. The van der Waals surface area contributed by atoms with Crippen LogP contribution in [0.2, 0.25) is 0 Å². The first-order valence-electron chi connectivity index (χ1n) is 21.7. The summed E-state index contributed by atoms with van der Waals surface area (Å²) in [6.45, 7) is 7.06. The number of hydrogen-bond acceptors (Lipinski definition) is 28. The van der Waals surface area contributed by atoms with E-state index in [-0.39, 0.29) is 0 Å². The van der Waals surface area contributed by atoms with Crippen LogP contribution in [0.1, 0.15) is 69.2 Å². The number of rotatable bonds is 19. The second kappa shape index (κ2) is 25.8. The molecule has 3 fully saturated rings. The van der Waals surface area contributed by atoms with E-state index < -0.39 is 186 Å². The first-order valence-corrected chi connectivity index (χ1v) is 23.3. The highest BCUT2D eigenvalue weighted by Crippen LogP contribution is 2.39. The van der Waals surface area contributed by atoms with Crippen molar-refractivity contribution < 1.29 is 127 Å². The van der Waals surface area contributed by atoms with Gasteiger partial charge in [-0.3, -0.25) is 47.9 Å². The predicted molar refractivity (Wildman–Crippen MR) is 226 cm³/mol. The topological polar surface area (TPSA) is 356 Å². The number of pyridine rings is 1. The van der Waals surface area contributed by atoms with Crippen molar-refractivity contribution in [1.29, 1.82) is 0 Å². The monoisotopic (exact) mass is 1050 g/mol. The van der Waals surface area contributed by atoms with Crippen LogP contribution < -0.4 is 0 Å². The molecule has 3 saturated heterocycles. The van der Waals surface area contributed by atoms with Crippen LogP contribution in [0.4, 0.5) is 0 Å². The molecule has 29 heteroatoms. The standard InChI is InChI=1S/C43H55NO27S/c1-18(45)57-15-28-32(60-21(4)48)35(61-22(5)49)38(64-25(8)52)41(67-28)70-33-29(16-58-19(2)46)68-42(39(65-26(9)53)36(33)62-23(6)50)71-34-30(17-59-20(3)47)69-43(72(55,56)31-13-11-12-14-44-31)40(66-27(10)54)37(34)63-24(7)51/h11-14,28-30,32-43H,15-17H2,1-10H3/t28-,29-,30-,32-,33-,34-,35+,36+,37+,38-,39-,40-,41+,42+,43?/m1/s1. The summed E-state index contributed by atoms with van der Waals surface area (Å²) in [6.07, 6.45) is -25.8. The van der Waals surface area contributed by atoms with Gasteiger partial charge in [-0.25, -0.2) is 13.4 Å². The van der Waals surface area contributed by atoms with Gasteiger partial charge in [-0.05, 0) is 12.1 Å². The number of esters is 10. The first-order chi connectivity index (χ1) is 33.7. The Morgan fingerprint density at radius 2 is 0.736 bits per heavy atom. The average Bonchev–Trinajstić information content (AvgIpc) is 3.25. The van der Waals surface area contributed by atoms with E-state index in [0.717, 1.165) is 81.5 Å². The number of ether oxygens (including phenoxy) is 15. The van der Waals surface area contributed by atoms with Gasteiger partial charge in [0.1, 0.15) is 50.3 Å². The summed E-state index contributed by atoms with van der Waals surface area (Å²) >= 11 is 0. The molecule has 1 unspecified atom stereocenters. The Morgan fingerprint density at radius 3 is 1.10 bits per heavy atom. The fourth-order valence-electron chi connectivity index (χ4n) is 7.64. The molecule has 15 atom stereocenters. The minimum absolute atomic E-state index is 0.592. The van der Waals surface area contributed by atoms with Gasteiger partial charge in [0.2, 0.25) is 15.3 Å². The quantitative estimate of drug-likeness (QED) is 0.119. The maximum Gasteiger partial charge on any atom is 0.303 e. The van der Waals surface area contributed by atoms with Gasteiger partial charge in [0, 0.05) is 75.4 Å². The van der Waals surface area contributed by atoms with Gasteiger partial charge in [0.25, 0.3) is 0 Å². The van der Waals surface area contributed by atoms with Crippen molar-refractivity contribution in [2.24, 2.45) is 0 Å². The van der Waals surface area contributed by atoms with E-state index in [1.165, 1.54) is 12.1 Å². The van der Waals surface area contributed by atoms with Crippen LogP contribution in [-0.4, -0.2) is 184 Å². The Kier molecular flexibility index (Phi) is 20.9. The van der Waals surface area contributed by atoms with E-state index in [4.69, 9.17) is 71.1 Å². The lowest BCUT2D eigenvalue weighted by molar-refractivity contribution is -0.372. The van der Waals surface area contributed by atoms with Crippen LogP contribution in [0, 0.1) is 0 Å². The molecule has 3 aliphatic heterocycles. The van der Waals surface area contributed by atoms with Gasteiger partial charge in [-0.15, -0.1) is 0 Å². The third-order valence-electron chi connectivity index (χ3n) is 10.1. The number of carbonyl (C=O) groups is 10. The molecule has 0 amide bonds. The lowest BCUT2D eigenvalue weighted by Gasteiger charge is -2.50. The molecule has 4 rings (SSSR count). The van der Waals surface area contributed by atoms with E-state index in [1.54, 1.807) is 0 Å². The van der Waals surface area contributed by atoms with Gasteiger partial charge < -0.3 is 71.1 Å². The maximum absolute atomic E-state index is 14.2. The third kappa shape index (κ3) is 16.1. The van der Waals surface area contributed by atoms with Crippen LogP contribution in [-0.2, 0) is 129 Å². The predicted octanol–water partition coefficient (Wildman–Crippen LogP) is -0.988. The Balaban J connectivity index is 1.95. The fourth-order valence-corrected chi connectivity index (χ4v) is 9.21. The summed E-state index contributed by atoms with van der Waals surface area (Å²) in [5, 5.41) is -0.592. The van der Waals surface area contributed by atoms with Crippen LogP contribution >= 0.6 is 0 Å². The number of carbonyl (C=O) groups excluding carboxylic acids is 10.